The maximum Gasteiger partial charge on any atom is 0.121 e. The first-order valence-corrected chi connectivity index (χ1v) is 11.1. The molecule has 0 spiro atoms. The van der Waals surface area contributed by atoms with Crippen molar-refractivity contribution in [3.05, 3.63) is 24.4 Å². The van der Waals surface area contributed by atoms with Gasteiger partial charge in [-0.2, -0.15) is 5.10 Å². The molecular formula is C23H33N3O2. The topological polar surface area (TPSA) is 39.5 Å². The van der Waals surface area contributed by atoms with Crippen LogP contribution >= 0.6 is 0 Å². The van der Waals surface area contributed by atoms with Crippen molar-refractivity contribution < 1.29 is 9.47 Å². The van der Waals surface area contributed by atoms with E-state index >= 15 is 0 Å². The Morgan fingerprint density at radius 3 is 2.64 bits per heavy atom. The first-order valence-electron chi connectivity index (χ1n) is 11.1. The van der Waals surface area contributed by atoms with Crippen LogP contribution in [0.5, 0.6) is 5.75 Å². The van der Waals surface area contributed by atoms with Gasteiger partial charge < -0.3 is 9.47 Å². The molecule has 0 N–H and O–H groups in total. The van der Waals surface area contributed by atoms with Crippen molar-refractivity contribution in [1.29, 1.82) is 0 Å². The Morgan fingerprint density at radius 2 is 1.93 bits per heavy atom. The fourth-order valence-electron chi connectivity index (χ4n) is 5.39. The van der Waals surface area contributed by atoms with Gasteiger partial charge in [0.1, 0.15) is 5.75 Å². The standard InChI is InChI=1S/C23H33N3O2/c1-16(9-10-25-23-13-21(27-2)8-5-18(23)14-24-25)26-19-6-7-20(26)12-22(11-19)28-15-17-3-4-17/h5,8,13-14,16-17,19-20,22H,3-4,6-7,9-12,15H2,1-2H3/t16-,19?,20?,22?/m1/s1. The summed E-state index contributed by atoms with van der Waals surface area (Å²) in [5.41, 5.74) is 1.17. The van der Waals surface area contributed by atoms with Gasteiger partial charge in [0.2, 0.25) is 0 Å². The molecule has 2 bridgehead atoms. The summed E-state index contributed by atoms with van der Waals surface area (Å²) in [6.45, 7) is 4.37. The molecule has 28 heavy (non-hydrogen) atoms. The summed E-state index contributed by atoms with van der Waals surface area (Å²) in [5, 5.41) is 5.81. The van der Waals surface area contributed by atoms with E-state index in [1.807, 2.05) is 12.3 Å². The number of hydrogen-bond acceptors (Lipinski definition) is 4. The molecule has 2 aliphatic heterocycles. The Hall–Kier alpha value is -1.59. The summed E-state index contributed by atoms with van der Waals surface area (Å²) in [6, 6.07) is 8.21. The van der Waals surface area contributed by atoms with E-state index in [0.717, 1.165) is 31.2 Å². The second kappa shape index (κ2) is 7.68. The molecule has 152 valence electrons. The summed E-state index contributed by atoms with van der Waals surface area (Å²) in [4.78, 5) is 2.81. The first kappa shape index (κ1) is 18.4. The van der Waals surface area contributed by atoms with Crippen molar-refractivity contribution in [2.75, 3.05) is 13.7 Å². The monoisotopic (exact) mass is 383 g/mol. The summed E-state index contributed by atoms with van der Waals surface area (Å²) >= 11 is 0. The quantitative estimate of drug-likeness (QED) is 0.683. The van der Waals surface area contributed by atoms with Gasteiger partial charge in [0, 0.05) is 42.7 Å². The zero-order valence-corrected chi connectivity index (χ0v) is 17.2. The van der Waals surface area contributed by atoms with Crippen molar-refractivity contribution in [3.8, 4) is 5.75 Å². The lowest BCUT2D eigenvalue weighted by atomic mass is 9.97. The van der Waals surface area contributed by atoms with Gasteiger partial charge in [0.05, 0.1) is 24.9 Å². The molecule has 0 amide bonds. The molecule has 1 saturated carbocycles. The van der Waals surface area contributed by atoms with Crippen molar-refractivity contribution in [3.63, 3.8) is 0 Å². The lowest BCUT2D eigenvalue weighted by Gasteiger charge is -2.42. The SMILES string of the molecule is COc1ccc2cnn(CC[C@@H](C)N3C4CCC3CC(OCC3CC3)C4)c2c1. The van der Waals surface area contributed by atoms with Gasteiger partial charge in [0.25, 0.3) is 0 Å². The van der Waals surface area contributed by atoms with E-state index in [0.29, 0.717) is 24.2 Å². The second-order valence-corrected chi connectivity index (χ2v) is 9.13. The third-order valence-corrected chi connectivity index (χ3v) is 7.13. The van der Waals surface area contributed by atoms with E-state index in [2.05, 4.69) is 33.7 Å². The number of hydrogen-bond donors (Lipinski definition) is 0. The van der Waals surface area contributed by atoms with Gasteiger partial charge >= 0.3 is 0 Å². The number of piperidine rings is 1. The summed E-state index contributed by atoms with van der Waals surface area (Å²) < 4.78 is 13.8. The average molecular weight is 384 g/mol. The van der Waals surface area contributed by atoms with E-state index in [1.54, 1.807) is 7.11 Å². The summed E-state index contributed by atoms with van der Waals surface area (Å²) in [5.74, 6) is 1.77. The Kier molecular flexibility index (Phi) is 5.06. The highest BCUT2D eigenvalue weighted by Crippen LogP contribution is 2.40. The first-order chi connectivity index (χ1) is 13.7. The van der Waals surface area contributed by atoms with E-state index in [1.165, 1.54) is 49.4 Å². The van der Waals surface area contributed by atoms with Crippen LogP contribution in [0, 0.1) is 5.92 Å². The Morgan fingerprint density at radius 1 is 1.14 bits per heavy atom. The smallest absolute Gasteiger partial charge is 0.121 e. The molecular weight excluding hydrogens is 350 g/mol. The maximum absolute atomic E-state index is 6.25. The molecule has 5 rings (SSSR count). The fraction of sp³-hybridized carbons (Fsp3) is 0.696. The van der Waals surface area contributed by atoms with Gasteiger partial charge in [0.15, 0.2) is 0 Å². The number of aryl methyl sites for hydroxylation is 1. The van der Waals surface area contributed by atoms with Crippen LogP contribution in [0.4, 0.5) is 0 Å². The second-order valence-electron chi connectivity index (χ2n) is 9.13. The lowest BCUT2D eigenvalue weighted by Crippen LogP contribution is -2.50. The molecule has 3 heterocycles. The largest absolute Gasteiger partial charge is 0.497 e. The number of fused-ring (bicyclic) bond motifs is 3. The van der Waals surface area contributed by atoms with Crippen LogP contribution in [0.2, 0.25) is 0 Å². The number of nitrogens with zero attached hydrogens (tertiary/aromatic N) is 3. The summed E-state index contributed by atoms with van der Waals surface area (Å²) in [6.07, 6.45) is 11.5. The molecule has 3 atom stereocenters. The number of methoxy groups -OCH3 is 1. The molecule has 2 unspecified atom stereocenters. The van der Waals surface area contributed by atoms with Gasteiger partial charge in [-0.25, -0.2) is 0 Å². The van der Waals surface area contributed by atoms with Crippen molar-refractivity contribution in [2.24, 2.45) is 5.92 Å². The number of aromatic nitrogens is 2. The molecule has 5 nitrogen and oxygen atoms in total. The van der Waals surface area contributed by atoms with Crippen LogP contribution in [-0.2, 0) is 11.3 Å². The highest BCUT2D eigenvalue weighted by molar-refractivity contribution is 5.80. The van der Waals surface area contributed by atoms with Gasteiger partial charge in [-0.05, 0) is 69.9 Å². The minimum atomic E-state index is 0.504. The van der Waals surface area contributed by atoms with Crippen LogP contribution in [0.3, 0.4) is 0 Å². The molecule has 0 radical (unpaired) electrons. The zero-order valence-electron chi connectivity index (χ0n) is 17.2. The molecule has 2 aromatic rings. The Bertz CT molecular complexity index is 801. The minimum absolute atomic E-state index is 0.504. The highest BCUT2D eigenvalue weighted by Gasteiger charge is 2.43. The maximum atomic E-state index is 6.25. The van der Waals surface area contributed by atoms with E-state index < -0.39 is 0 Å². The molecule has 3 aliphatic rings. The van der Waals surface area contributed by atoms with Crippen LogP contribution in [-0.4, -0.2) is 52.6 Å². The van der Waals surface area contributed by atoms with Crippen molar-refractivity contribution in [1.82, 2.24) is 14.7 Å². The molecule has 1 aliphatic carbocycles. The van der Waals surface area contributed by atoms with Crippen molar-refractivity contribution in [2.45, 2.75) is 82.6 Å². The van der Waals surface area contributed by atoms with E-state index in [4.69, 9.17) is 9.47 Å². The van der Waals surface area contributed by atoms with Crippen LogP contribution in [0.1, 0.15) is 51.9 Å². The minimum Gasteiger partial charge on any atom is -0.497 e. The predicted molar refractivity (Wildman–Crippen MR) is 111 cm³/mol. The number of rotatable bonds is 8. The summed E-state index contributed by atoms with van der Waals surface area (Å²) in [7, 11) is 1.72. The normalized spacial score (nSPS) is 28.7. The fourth-order valence-corrected chi connectivity index (χ4v) is 5.39. The van der Waals surface area contributed by atoms with Crippen LogP contribution in [0.15, 0.2) is 24.4 Å². The molecule has 2 saturated heterocycles. The molecule has 3 fully saturated rings. The number of ether oxygens (including phenoxy) is 2. The lowest BCUT2D eigenvalue weighted by molar-refractivity contribution is -0.0360. The Balaban J connectivity index is 1.20. The number of benzene rings is 1. The third-order valence-electron chi connectivity index (χ3n) is 7.13. The van der Waals surface area contributed by atoms with E-state index in [9.17, 15) is 0 Å². The third kappa shape index (κ3) is 3.67. The van der Waals surface area contributed by atoms with Crippen LogP contribution < -0.4 is 4.74 Å². The average Bonchev–Trinajstić information content (AvgIpc) is 3.40. The molecule has 5 heteroatoms. The Labute approximate surface area is 168 Å². The van der Waals surface area contributed by atoms with Gasteiger partial charge in [-0.15, -0.1) is 0 Å². The van der Waals surface area contributed by atoms with Gasteiger partial charge in [-0.3, -0.25) is 9.58 Å². The zero-order chi connectivity index (χ0) is 19.1. The molecule has 1 aromatic heterocycles. The van der Waals surface area contributed by atoms with Gasteiger partial charge in [-0.1, -0.05) is 0 Å². The van der Waals surface area contributed by atoms with Crippen molar-refractivity contribution >= 4 is 10.9 Å². The van der Waals surface area contributed by atoms with Crippen LogP contribution in [0.25, 0.3) is 10.9 Å². The van der Waals surface area contributed by atoms with E-state index in [-0.39, 0.29) is 0 Å². The predicted octanol–water partition coefficient (Wildman–Crippen LogP) is 4.25. The molecule has 1 aromatic carbocycles. The highest BCUT2D eigenvalue weighted by atomic mass is 16.5.